The molecule has 7 nitrogen and oxygen atoms in total. The number of carbonyl (C=O) groups excluding carboxylic acids is 2. The average Bonchev–Trinajstić information content (AvgIpc) is 2.57. The second-order valence-corrected chi connectivity index (χ2v) is 7.34. The molecule has 0 aromatic heterocycles. The number of carbonyl (C=O) groups is 2. The van der Waals surface area contributed by atoms with Gasteiger partial charge >= 0.3 is 0 Å². The number of hydrogen-bond acceptors (Lipinski definition) is 4. The number of benzene rings is 1. The number of amides is 2. The molecule has 8 heteroatoms. The largest absolute Gasteiger partial charge is 0.368 e. The molecule has 3 rings (SSSR count). The van der Waals surface area contributed by atoms with Gasteiger partial charge in [0.1, 0.15) is 17.5 Å². The summed E-state index contributed by atoms with van der Waals surface area (Å²) in [6, 6.07) is 5.48. The van der Waals surface area contributed by atoms with E-state index >= 15 is 0 Å². The maximum Gasteiger partial charge on any atom is 0.245 e. The fraction of sp³-hybridized carbons (Fsp3) is 0.429. The smallest absolute Gasteiger partial charge is 0.245 e. The molecule has 1 aromatic carbocycles. The number of anilines is 1. The second-order valence-electron chi connectivity index (χ2n) is 5.49. The van der Waals surface area contributed by atoms with Crippen molar-refractivity contribution in [2.45, 2.75) is 30.2 Å². The molecule has 118 valence electrons. The molecule has 2 aliphatic heterocycles. The van der Waals surface area contributed by atoms with Crippen LogP contribution in [0.4, 0.5) is 5.69 Å². The fourth-order valence-electron chi connectivity index (χ4n) is 3.08. The molecule has 1 aromatic rings. The highest BCUT2D eigenvalue weighted by Crippen LogP contribution is 2.36. The zero-order valence-electron chi connectivity index (χ0n) is 11.9. The minimum absolute atomic E-state index is 0.0500. The van der Waals surface area contributed by atoms with Crippen LogP contribution < -0.4 is 10.6 Å². The van der Waals surface area contributed by atoms with Gasteiger partial charge in [0.2, 0.25) is 21.8 Å². The summed E-state index contributed by atoms with van der Waals surface area (Å²) in [7, 11) is -3.76. The first-order valence-electron chi connectivity index (χ1n) is 7.13. The molecule has 2 aliphatic rings. The molecule has 1 saturated heterocycles. The predicted octanol–water partition coefficient (Wildman–Crippen LogP) is 0.0617. The number of para-hydroxylation sites is 1. The molecule has 0 spiro atoms. The number of primary amides is 1. The van der Waals surface area contributed by atoms with Gasteiger partial charge in [0, 0.05) is 6.54 Å². The maximum atomic E-state index is 12.9. The summed E-state index contributed by atoms with van der Waals surface area (Å²) in [4.78, 5) is 25.3. The fourth-order valence-corrected chi connectivity index (χ4v) is 4.93. The monoisotopic (exact) mass is 323 g/mol. The van der Waals surface area contributed by atoms with Crippen LogP contribution in [0.25, 0.3) is 0 Å². The van der Waals surface area contributed by atoms with Crippen molar-refractivity contribution in [1.29, 1.82) is 0 Å². The van der Waals surface area contributed by atoms with E-state index in [4.69, 9.17) is 5.73 Å². The van der Waals surface area contributed by atoms with Crippen molar-refractivity contribution in [2.24, 2.45) is 5.73 Å². The number of nitrogens with two attached hydrogens (primary N) is 1. The highest BCUT2D eigenvalue weighted by molar-refractivity contribution is 7.89. The SMILES string of the molecule is NC(=O)CN1C(=O)C2CCCCN2S(=O)(=O)c2ccccc21. The molecule has 0 radical (unpaired) electrons. The lowest BCUT2D eigenvalue weighted by Gasteiger charge is -2.32. The molecular weight excluding hydrogens is 306 g/mol. The Balaban J connectivity index is 2.21. The molecule has 22 heavy (non-hydrogen) atoms. The second kappa shape index (κ2) is 5.36. The minimum atomic E-state index is -3.76. The summed E-state index contributed by atoms with van der Waals surface area (Å²) < 4.78 is 27.0. The average molecular weight is 323 g/mol. The number of nitrogens with zero attached hydrogens (tertiary/aromatic N) is 2. The van der Waals surface area contributed by atoms with Crippen LogP contribution >= 0.6 is 0 Å². The van der Waals surface area contributed by atoms with Crippen LogP contribution in [0.2, 0.25) is 0 Å². The molecule has 2 amide bonds. The molecule has 0 aliphatic carbocycles. The first kappa shape index (κ1) is 15.0. The van der Waals surface area contributed by atoms with E-state index in [-0.39, 0.29) is 23.0 Å². The van der Waals surface area contributed by atoms with Crippen molar-refractivity contribution < 1.29 is 18.0 Å². The van der Waals surface area contributed by atoms with E-state index in [9.17, 15) is 18.0 Å². The Labute approximate surface area is 128 Å². The molecule has 2 heterocycles. The van der Waals surface area contributed by atoms with Crippen LogP contribution in [0.5, 0.6) is 0 Å². The van der Waals surface area contributed by atoms with Gasteiger partial charge in [-0.15, -0.1) is 0 Å². The van der Waals surface area contributed by atoms with Crippen LogP contribution in [0.3, 0.4) is 0 Å². The van der Waals surface area contributed by atoms with Crippen molar-refractivity contribution in [2.75, 3.05) is 18.0 Å². The first-order chi connectivity index (χ1) is 10.4. The summed E-state index contributed by atoms with van der Waals surface area (Å²) in [5.41, 5.74) is 5.46. The first-order valence-corrected chi connectivity index (χ1v) is 8.57. The zero-order valence-corrected chi connectivity index (χ0v) is 12.8. The summed E-state index contributed by atoms with van der Waals surface area (Å²) in [6.45, 7) is -0.00675. The van der Waals surface area contributed by atoms with Gasteiger partial charge in [-0.05, 0) is 25.0 Å². The highest BCUT2D eigenvalue weighted by Gasteiger charge is 2.44. The Kier molecular flexibility index (Phi) is 3.65. The van der Waals surface area contributed by atoms with E-state index in [1.165, 1.54) is 21.3 Å². The van der Waals surface area contributed by atoms with E-state index < -0.39 is 22.0 Å². The lowest BCUT2D eigenvalue weighted by atomic mass is 10.0. The van der Waals surface area contributed by atoms with Gasteiger partial charge in [-0.1, -0.05) is 18.6 Å². The minimum Gasteiger partial charge on any atom is -0.368 e. The lowest BCUT2D eigenvalue weighted by Crippen LogP contribution is -2.52. The van der Waals surface area contributed by atoms with Crippen molar-refractivity contribution in [3.05, 3.63) is 24.3 Å². The topological polar surface area (TPSA) is 101 Å². The third-order valence-corrected chi connectivity index (χ3v) is 6.02. The van der Waals surface area contributed by atoms with Gasteiger partial charge in [0.05, 0.1) is 5.69 Å². The van der Waals surface area contributed by atoms with Crippen LogP contribution in [0.1, 0.15) is 19.3 Å². The molecule has 0 saturated carbocycles. The van der Waals surface area contributed by atoms with Crippen LogP contribution in [-0.4, -0.2) is 43.7 Å². The molecule has 1 unspecified atom stereocenters. The van der Waals surface area contributed by atoms with Gasteiger partial charge < -0.3 is 10.6 Å². The van der Waals surface area contributed by atoms with Gasteiger partial charge in [0.25, 0.3) is 0 Å². The number of hydrogen-bond donors (Lipinski definition) is 1. The number of fused-ring (bicyclic) bond motifs is 2. The molecule has 2 N–H and O–H groups in total. The Morgan fingerprint density at radius 1 is 1.27 bits per heavy atom. The van der Waals surface area contributed by atoms with Gasteiger partial charge in [-0.3, -0.25) is 9.59 Å². The van der Waals surface area contributed by atoms with Gasteiger partial charge in [-0.25, -0.2) is 8.42 Å². The van der Waals surface area contributed by atoms with Gasteiger partial charge in [-0.2, -0.15) is 4.31 Å². The van der Waals surface area contributed by atoms with E-state index in [1.807, 2.05) is 0 Å². The van der Waals surface area contributed by atoms with Crippen LogP contribution in [-0.2, 0) is 19.6 Å². The van der Waals surface area contributed by atoms with E-state index in [0.29, 0.717) is 13.0 Å². The van der Waals surface area contributed by atoms with Crippen molar-refractivity contribution in [3.63, 3.8) is 0 Å². The van der Waals surface area contributed by atoms with Crippen molar-refractivity contribution in [1.82, 2.24) is 4.31 Å². The van der Waals surface area contributed by atoms with E-state index in [0.717, 1.165) is 12.8 Å². The lowest BCUT2D eigenvalue weighted by molar-refractivity contribution is -0.125. The third-order valence-electron chi connectivity index (χ3n) is 4.06. The zero-order chi connectivity index (χ0) is 15.9. The normalized spacial score (nSPS) is 24.3. The summed E-state index contributed by atoms with van der Waals surface area (Å²) in [6.07, 6.45) is 1.96. The quantitative estimate of drug-likeness (QED) is 0.831. The van der Waals surface area contributed by atoms with E-state index in [2.05, 4.69) is 0 Å². The number of piperidine rings is 1. The van der Waals surface area contributed by atoms with E-state index in [1.54, 1.807) is 12.1 Å². The van der Waals surface area contributed by atoms with Crippen molar-refractivity contribution in [3.8, 4) is 0 Å². The van der Waals surface area contributed by atoms with Crippen LogP contribution in [0, 0.1) is 0 Å². The summed E-state index contributed by atoms with van der Waals surface area (Å²) >= 11 is 0. The van der Waals surface area contributed by atoms with Gasteiger partial charge in [0.15, 0.2) is 0 Å². The predicted molar refractivity (Wildman–Crippen MR) is 79.5 cm³/mol. The Bertz CT molecular complexity index is 731. The van der Waals surface area contributed by atoms with Crippen LogP contribution in [0.15, 0.2) is 29.2 Å². The molecular formula is C14H17N3O4S. The molecule has 0 bridgehead atoms. The standard InChI is InChI=1S/C14H17N3O4S/c15-13(18)9-16-10-5-1-2-7-12(10)22(20,21)17-8-4-3-6-11(17)14(16)19/h1-2,5,7,11H,3-4,6,8-9H2,(H2,15,18). The highest BCUT2D eigenvalue weighted by atomic mass is 32.2. The Hall–Kier alpha value is -1.93. The third kappa shape index (κ3) is 2.28. The van der Waals surface area contributed by atoms with Crippen molar-refractivity contribution >= 4 is 27.5 Å². The Morgan fingerprint density at radius 3 is 2.73 bits per heavy atom. The Morgan fingerprint density at radius 2 is 2.00 bits per heavy atom. The maximum absolute atomic E-state index is 12.9. The number of rotatable bonds is 2. The number of sulfonamides is 1. The summed E-state index contributed by atoms with van der Waals surface area (Å²) in [5, 5.41) is 0. The summed E-state index contributed by atoms with van der Waals surface area (Å²) in [5.74, 6) is -1.06. The molecule has 1 fully saturated rings. The molecule has 1 atom stereocenters.